The number of nitrogens with one attached hydrogen (secondary N) is 7. The molecule has 8 N–H and O–H groups in total. The van der Waals surface area contributed by atoms with E-state index < -0.39 is 5.97 Å². The lowest BCUT2D eigenvalue weighted by atomic mass is 10.2. The van der Waals surface area contributed by atoms with Crippen LogP contribution in [0.15, 0.2) is 46.0 Å². The average molecular weight is 505 g/mol. The summed E-state index contributed by atoms with van der Waals surface area (Å²) in [5, 5.41) is 18.2. The Morgan fingerprint density at radius 3 is 1.76 bits per heavy atom. The van der Waals surface area contributed by atoms with Gasteiger partial charge < -0.3 is 41.0 Å². The smallest absolute Gasteiger partial charge is 0.323 e. The van der Waals surface area contributed by atoms with Gasteiger partial charge in [0.15, 0.2) is 0 Å². The van der Waals surface area contributed by atoms with Crippen LogP contribution in [0.2, 0.25) is 0 Å². The highest BCUT2D eigenvalue weighted by molar-refractivity contribution is 5.81. The number of hydrogen-bond acceptors (Lipinski definition) is 9. The molecule has 2 aromatic carbocycles. The van der Waals surface area contributed by atoms with Gasteiger partial charge >= 0.3 is 17.3 Å². The lowest BCUT2D eigenvalue weighted by Gasteiger charge is -2.12. The van der Waals surface area contributed by atoms with E-state index in [0.717, 1.165) is 12.8 Å². The third-order valence-corrected chi connectivity index (χ3v) is 5.53. The first-order valence-electron chi connectivity index (χ1n) is 11.6. The number of unbranched alkanes of at least 4 members (excludes halogenated alkanes) is 2. The Bertz CT molecular complexity index is 1570. The molecule has 0 fully saturated rings. The molecule has 14 heteroatoms. The summed E-state index contributed by atoms with van der Waals surface area (Å²) >= 11 is 0. The first-order chi connectivity index (χ1) is 17.9. The predicted octanol–water partition coefficient (Wildman–Crippen LogP) is 2.75. The average Bonchev–Trinajstić information content (AvgIpc) is 3.40. The van der Waals surface area contributed by atoms with Crippen molar-refractivity contribution in [3.8, 4) is 0 Å². The monoisotopic (exact) mass is 504 g/mol. The van der Waals surface area contributed by atoms with E-state index in [4.69, 9.17) is 5.11 Å². The molecule has 0 aliphatic heterocycles. The highest BCUT2D eigenvalue weighted by Crippen LogP contribution is 2.22. The number of carboxylic acids is 1. The number of rotatable bonds is 11. The van der Waals surface area contributed by atoms with Crippen LogP contribution in [0.25, 0.3) is 22.1 Å². The standard InChI is InChI=1S/C23H24N10O4/c34-18(35)4-2-1-3-9-24-19-31-20(25-12-5-7-14-16(10-12)29-22(36)27-14)33-21(32-19)26-13-6-8-15-17(11-13)30-23(37)28-15/h5-8,10-11H,1-4,9H2,(H,34,35)(H2,27,29,36)(H2,28,30,37)(H3,24,25,26,31,32,33). The molecule has 0 aliphatic rings. The second-order valence-corrected chi connectivity index (χ2v) is 8.37. The number of anilines is 5. The maximum Gasteiger partial charge on any atom is 0.323 e. The van der Waals surface area contributed by atoms with Crippen LogP contribution in [0.1, 0.15) is 25.7 Å². The van der Waals surface area contributed by atoms with Gasteiger partial charge in [0.2, 0.25) is 17.8 Å². The van der Waals surface area contributed by atoms with Crippen LogP contribution in [0.5, 0.6) is 0 Å². The molecule has 0 radical (unpaired) electrons. The second kappa shape index (κ2) is 10.2. The topological polar surface area (TPSA) is 209 Å². The minimum Gasteiger partial charge on any atom is -0.481 e. The number of imidazole rings is 2. The molecular weight excluding hydrogens is 480 g/mol. The molecular formula is C23H24N10O4. The maximum atomic E-state index is 11.6. The summed E-state index contributed by atoms with van der Waals surface area (Å²) in [6.07, 6.45) is 2.24. The maximum absolute atomic E-state index is 11.6. The van der Waals surface area contributed by atoms with Crippen molar-refractivity contribution in [3.05, 3.63) is 57.4 Å². The molecule has 0 atom stereocenters. The van der Waals surface area contributed by atoms with Crippen molar-refractivity contribution in [2.45, 2.75) is 25.7 Å². The van der Waals surface area contributed by atoms with E-state index in [1.165, 1.54) is 0 Å². The van der Waals surface area contributed by atoms with Crippen molar-refractivity contribution < 1.29 is 9.90 Å². The van der Waals surface area contributed by atoms with Crippen LogP contribution in [-0.4, -0.2) is 52.5 Å². The summed E-state index contributed by atoms with van der Waals surface area (Å²) in [6, 6.07) is 10.6. The Morgan fingerprint density at radius 2 is 1.22 bits per heavy atom. The number of H-pyrrole nitrogens is 4. The number of aliphatic carboxylic acids is 1. The van der Waals surface area contributed by atoms with Crippen LogP contribution in [-0.2, 0) is 4.79 Å². The van der Waals surface area contributed by atoms with Crippen LogP contribution >= 0.6 is 0 Å². The zero-order valence-electron chi connectivity index (χ0n) is 19.5. The molecule has 14 nitrogen and oxygen atoms in total. The Labute approximate surface area is 208 Å². The van der Waals surface area contributed by atoms with E-state index in [2.05, 4.69) is 50.8 Å². The van der Waals surface area contributed by atoms with Gasteiger partial charge in [-0.2, -0.15) is 15.0 Å². The molecule has 3 heterocycles. The number of fused-ring (bicyclic) bond motifs is 2. The van der Waals surface area contributed by atoms with E-state index >= 15 is 0 Å². The summed E-state index contributed by atoms with van der Waals surface area (Å²) in [6.45, 7) is 0.551. The third kappa shape index (κ3) is 5.93. The molecule has 0 saturated carbocycles. The van der Waals surface area contributed by atoms with Crippen LogP contribution in [0.4, 0.5) is 29.2 Å². The summed E-state index contributed by atoms with van der Waals surface area (Å²) in [4.78, 5) is 58.0. The van der Waals surface area contributed by atoms with E-state index in [0.29, 0.717) is 52.4 Å². The minimum absolute atomic E-state index is 0.140. The van der Waals surface area contributed by atoms with Crippen LogP contribution in [0.3, 0.4) is 0 Å². The lowest BCUT2D eigenvalue weighted by molar-refractivity contribution is -0.137. The van der Waals surface area contributed by atoms with Crippen molar-refractivity contribution in [2.75, 3.05) is 22.5 Å². The predicted molar refractivity (Wildman–Crippen MR) is 139 cm³/mol. The highest BCUT2D eigenvalue weighted by Gasteiger charge is 2.10. The number of aromatic nitrogens is 7. The summed E-state index contributed by atoms with van der Waals surface area (Å²) < 4.78 is 0. The van der Waals surface area contributed by atoms with Gasteiger partial charge in [-0.05, 0) is 49.2 Å². The number of benzene rings is 2. The molecule has 0 spiro atoms. The van der Waals surface area contributed by atoms with Crippen LogP contribution in [0, 0.1) is 0 Å². The molecule has 5 aromatic rings. The van der Waals surface area contributed by atoms with E-state index in [1.54, 1.807) is 36.4 Å². The third-order valence-electron chi connectivity index (χ3n) is 5.53. The van der Waals surface area contributed by atoms with Crippen molar-refractivity contribution >= 4 is 57.3 Å². The molecule has 0 unspecified atom stereocenters. The molecule has 37 heavy (non-hydrogen) atoms. The molecule has 0 aliphatic carbocycles. The highest BCUT2D eigenvalue weighted by atomic mass is 16.4. The normalized spacial score (nSPS) is 11.1. The van der Waals surface area contributed by atoms with Crippen molar-refractivity contribution in [2.24, 2.45) is 0 Å². The van der Waals surface area contributed by atoms with Gasteiger partial charge in [0.25, 0.3) is 0 Å². The summed E-state index contributed by atoms with van der Waals surface area (Å²) in [5.41, 5.74) is 3.35. The van der Waals surface area contributed by atoms with Crippen LogP contribution < -0.4 is 27.3 Å². The molecule has 3 aromatic heterocycles. The van der Waals surface area contributed by atoms with Gasteiger partial charge in [-0.3, -0.25) is 4.79 Å². The lowest BCUT2D eigenvalue weighted by Crippen LogP contribution is -2.10. The molecule has 0 saturated heterocycles. The molecule has 0 amide bonds. The van der Waals surface area contributed by atoms with Crippen molar-refractivity contribution in [1.29, 1.82) is 0 Å². The van der Waals surface area contributed by atoms with Gasteiger partial charge in [0.05, 0.1) is 22.1 Å². The Morgan fingerprint density at radius 1 is 0.703 bits per heavy atom. The number of carbonyl (C=O) groups is 1. The molecule has 190 valence electrons. The zero-order valence-corrected chi connectivity index (χ0v) is 19.5. The second-order valence-electron chi connectivity index (χ2n) is 8.37. The van der Waals surface area contributed by atoms with Gasteiger partial charge in [0, 0.05) is 24.3 Å². The number of hydrogen-bond donors (Lipinski definition) is 8. The number of nitrogens with zero attached hydrogens (tertiary/aromatic N) is 3. The van der Waals surface area contributed by atoms with Crippen molar-refractivity contribution in [1.82, 2.24) is 34.9 Å². The molecule has 0 bridgehead atoms. The Balaban J connectivity index is 1.36. The fourth-order valence-electron chi connectivity index (χ4n) is 3.82. The number of carboxylic acid groups (broad SMARTS) is 1. The van der Waals surface area contributed by atoms with Gasteiger partial charge in [-0.25, -0.2) is 9.59 Å². The first-order valence-corrected chi connectivity index (χ1v) is 11.6. The molecule has 5 rings (SSSR count). The van der Waals surface area contributed by atoms with E-state index in [1.807, 2.05) is 0 Å². The fourth-order valence-corrected chi connectivity index (χ4v) is 3.82. The minimum atomic E-state index is -0.805. The van der Waals surface area contributed by atoms with E-state index in [-0.39, 0.29) is 29.7 Å². The number of aromatic amines is 4. The van der Waals surface area contributed by atoms with Gasteiger partial charge in [0.1, 0.15) is 0 Å². The zero-order chi connectivity index (χ0) is 25.8. The SMILES string of the molecule is O=C(O)CCCCCNc1nc(Nc2ccc3[nH]c(=O)[nH]c3c2)nc(Nc2ccc3[nH]c(=O)[nH]c3c2)n1. The summed E-state index contributed by atoms with van der Waals surface area (Å²) in [5.74, 6) is 0.0460. The van der Waals surface area contributed by atoms with Crippen molar-refractivity contribution in [3.63, 3.8) is 0 Å². The quantitative estimate of drug-likeness (QED) is 0.123. The largest absolute Gasteiger partial charge is 0.481 e. The fraction of sp³-hybridized carbons (Fsp3) is 0.217. The van der Waals surface area contributed by atoms with E-state index in [9.17, 15) is 14.4 Å². The van der Waals surface area contributed by atoms with Gasteiger partial charge in [-0.15, -0.1) is 0 Å². The first kappa shape index (κ1) is 23.6. The Kier molecular flexibility index (Phi) is 6.52. The van der Waals surface area contributed by atoms with Gasteiger partial charge in [-0.1, -0.05) is 6.42 Å². The Hall–Kier alpha value is -5.14. The summed E-state index contributed by atoms with van der Waals surface area (Å²) in [7, 11) is 0.